The second-order valence-corrected chi connectivity index (χ2v) is 5.63. The molecule has 3 rings (SSSR count). The summed E-state index contributed by atoms with van der Waals surface area (Å²) in [7, 11) is 0. The third kappa shape index (κ3) is 3.64. The van der Waals surface area contributed by atoms with Crippen molar-refractivity contribution in [3.05, 3.63) is 71.8 Å². The number of benzene rings is 2. The molecule has 0 aliphatic carbocycles. The van der Waals surface area contributed by atoms with Gasteiger partial charge >= 0.3 is 12.1 Å². The largest absolute Gasteiger partial charge is 0.462 e. The number of H-pyrrole nitrogens is 1. The van der Waals surface area contributed by atoms with Crippen molar-refractivity contribution >= 4 is 5.97 Å². The van der Waals surface area contributed by atoms with Gasteiger partial charge < -0.3 is 9.72 Å². The standard InChI is InChI=1S/C20H16F3NO2/c1-2-26-19(25)16-12-17(24-18(16)14-6-4-3-5-7-14)13-8-10-15(11-9-13)20(21,22)23/h3-12,24H,2H2,1H3. The number of alkyl halides is 3. The Morgan fingerprint density at radius 3 is 2.23 bits per heavy atom. The van der Waals surface area contributed by atoms with Crippen molar-refractivity contribution in [2.45, 2.75) is 13.1 Å². The lowest BCUT2D eigenvalue weighted by Crippen LogP contribution is -2.04. The molecule has 1 N–H and O–H groups in total. The molecule has 1 aromatic heterocycles. The number of aromatic amines is 1. The number of esters is 1. The predicted octanol–water partition coefficient (Wildman–Crippen LogP) is 5.54. The molecule has 0 aliphatic rings. The van der Waals surface area contributed by atoms with Crippen LogP contribution in [0.3, 0.4) is 0 Å². The molecular weight excluding hydrogens is 343 g/mol. The van der Waals surface area contributed by atoms with Crippen LogP contribution in [0.25, 0.3) is 22.5 Å². The van der Waals surface area contributed by atoms with Gasteiger partial charge in [-0.25, -0.2) is 4.79 Å². The molecule has 6 heteroatoms. The summed E-state index contributed by atoms with van der Waals surface area (Å²) in [6.07, 6.45) is -4.39. The highest BCUT2D eigenvalue weighted by Crippen LogP contribution is 2.33. The van der Waals surface area contributed by atoms with Gasteiger partial charge in [0, 0.05) is 5.69 Å². The maximum absolute atomic E-state index is 12.7. The fourth-order valence-electron chi connectivity index (χ4n) is 2.65. The van der Waals surface area contributed by atoms with E-state index in [1.165, 1.54) is 12.1 Å². The zero-order chi connectivity index (χ0) is 18.7. The van der Waals surface area contributed by atoms with Crippen molar-refractivity contribution in [2.24, 2.45) is 0 Å². The summed E-state index contributed by atoms with van der Waals surface area (Å²) in [6.45, 7) is 1.94. The Kier molecular flexibility index (Phi) is 4.84. The van der Waals surface area contributed by atoms with Crippen LogP contribution in [0.5, 0.6) is 0 Å². The molecule has 0 atom stereocenters. The van der Waals surface area contributed by atoms with Gasteiger partial charge in [-0.3, -0.25) is 0 Å². The van der Waals surface area contributed by atoms with Crippen LogP contribution < -0.4 is 0 Å². The van der Waals surface area contributed by atoms with E-state index in [2.05, 4.69) is 4.98 Å². The van der Waals surface area contributed by atoms with Crippen LogP contribution in [0.15, 0.2) is 60.7 Å². The molecule has 26 heavy (non-hydrogen) atoms. The van der Waals surface area contributed by atoms with Crippen LogP contribution in [0.4, 0.5) is 13.2 Å². The zero-order valence-electron chi connectivity index (χ0n) is 13.9. The van der Waals surface area contributed by atoms with Gasteiger partial charge in [0.05, 0.1) is 23.4 Å². The van der Waals surface area contributed by atoms with Crippen LogP contribution in [0.1, 0.15) is 22.8 Å². The molecule has 2 aromatic carbocycles. The summed E-state index contributed by atoms with van der Waals surface area (Å²) >= 11 is 0. The molecule has 134 valence electrons. The first kappa shape index (κ1) is 17.8. The van der Waals surface area contributed by atoms with Crippen molar-refractivity contribution in [2.75, 3.05) is 6.61 Å². The topological polar surface area (TPSA) is 42.1 Å². The highest BCUT2D eigenvalue weighted by atomic mass is 19.4. The molecule has 0 unspecified atom stereocenters. The minimum absolute atomic E-state index is 0.230. The highest BCUT2D eigenvalue weighted by molar-refractivity contribution is 5.98. The van der Waals surface area contributed by atoms with E-state index >= 15 is 0 Å². The van der Waals surface area contributed by atoms with E-state index in [9.17, 15) is 18.0 Å². The molecule has 0 spiro atoms. The Morgan fingerprint density at radius 1 is 1.00 bits per heavy atom. The molecule has 0 aliphatic heterocycles. The molecule has 3 aromatic rings. The Balaban J connectivity index is 2.05. The number of hydrogen-bond donors (Lipinski definition) is 1. The van der Waals surface area contributed by atoms with Gasteiger partial charge in [-0.2, -0.15) is 13.2 Å². The molecule has 0 bridgehead atoms. The second-order valence-electron chi connectivity index (χ2n) is 5.63. The van der Waals surface area contributed by atoms with Crippen LogP contribution >= 0.6 is 0 Å². The SMILES string of the molecule is CCOC(=O)c1cc(-c2ccc(C(F)(F)F)cc2)[nH]c1-c1ccccc1. The van der Waals surface area contributed by atoms with Crippen LogP contribution in [-0.4, -0.2) is 17.6 Å². The molecule has 0 amide bonds. The fourth-order valence-corrected chi connectivity index (χ4v) is 2.65. The smallest absolute Gasteiger partial charge is 0.416 e. The quantitative estimate of drug-likeness (QED) is 0.621. The lowest BCUT2D eigenvalue weighted by atomic mass is 10.1. The van der Waals surface area contributed by atoms with E-state index in [4.69, 9.17) is 4.74 Å². The van der Waals surface area contributed by atoms with E-state index in [0.717, 1.165) is 17.7 Å². The predicted molar refractivity (Wildman–Crippen MR) is 92.6 cm³/mol. The summed E-state index contributed by atoms with van der Waals surface area (Å²) in [5.74, 6) is -0.485. The van der Waals surface area contributed by atoms with E-state index in [-0.39, 0.29) is 6.61 Å². The summed E-state index contributed by atoms with van der Waals surface area (Å²) in [6, 6.07) is 15.6. The van der Waals surface area contributed by atoms with Gasteiger partial charge in [-0.05, 0) is 36.2 Å². The molecule has 0 radical (unpaired) electrons. The average Bonchev–Trinajstić information content (AvgIpc) is 3.07. The number of carbonyl (C=O) groups is 1. The molecule has 0 saturated heterocycles. The van der Waals surface area contributed by atoms with Gasteiger partial charge in [0.25, 0.3) is 0 Å². The Hall–Kier alpha value is -3.02. The van der Waals surface area contributed by atoms with E-state index in [1.807, 2.05) is 30.3 Å². The Labute approximate surface area is 148 Å². The van der Waals surface area contributed by atoms with E-state index in [1.54, 1.807) is 13.0 Å². The third-order valence-electron chi connectivity index (χ3n) is 3.90. The summed E-state index contributed by atoms with van der Waals surface area (Å²) in [4.78, 5) is 15.4. The molecular formula is C20H16F3NO2. The summed E-state index contributed by atoms with van der Waals surface area (Å²) in [5, 5.41) is 0. The van der Waals surface area contributed by atoms with Gasteiger partial charge in [0.15, 0.2) is 0 Å². The first-order valence-corrected chi connectivity index (χ1v) is 8.03. The number of halogens is 3. The van der Waals surface area contributed by atoms with Crippen molar-refractivity contribution in [1.82, 2.24) is 4.98 Å². The fraction of sp³-hybridized carbons (Fsp3) is 0.150. The molecule has 3 nitrogen and oxygen atoms in total. The number of rotatable bonds is 4. The second kappa shape index (κ2) is 7.07. The van der Waals surface area contributed by atoms with Crippen LogP contribution in [-0.2, 0) is 10.9 Å². The Bertz CT molecular complexity index is 897. The lowest BCUT2D eigenvalue weighted by molar-refractivity contribution is -0.137. The van der Waals surface area contributed by atoms with Crippen LogP contribution in [0, 0.1) is 0 Å². The molecule has 0 fully saturated rings. The maximum Gasteiger partial charge on any atom is 0.416 e. The molecule has 0 saturated carbocycles. The Morgan fingerprint density at radius 2 is 1.65 bits per heavy atom. The minimum Gasteiger partial charge on any atom is -0.462 e. The van der Waals surface area contributed by atoms with Gasteiger partial charge in [0.1, 0.15) is 0 Å². The number of hydrogen-bond acceptors (Lipinski definition) is 2. The van der Waals surface area contributed by atoms with Crippen molar-refractivity contribution < 1.29 is 22.7 Å². The monoisotopic (exact) mass is 359 g/mol. The number of ether oxygens (including phenoxy) is 1. The first-order valence-electron chi connectivity index (χ1n) is 8.03. The maximum atomic E-state index is 12.7. The van der Waals surface area contributed by atoms with Crippen LogP contribution in [0.2, 0.25) is 0 Å². The average molecular weight is 359 g/mol. The first-order chi connectivity index (χ1) is 12.4. The van der Waals surface area contributed by atoms with Gasteiger partial charge in [-0.1, -0.05) is 42.5 Å². The third-order valence-corrected chi connectivity index (χ3v) is 3.90. The van der Waals surface area contributed by atoms with Crippen molar-refractivity contribution in [1.29, 1.82) is 0 Å². The molecule has 1 heterocycles. The van der Waals surface area contributed by atoms with E-state index in [0.29, 0.717) is 22.5 Å². The van der Waals surface area contributed by atoms with Gasteiger partial charge in [-0.15, -0.1) is 0 Å². The van der Waals surface area contributed by atoms with E-state index < -0.39 is 17.7 Å². The van der Waals surface area contributed by atoms with Crippen molar-refractivity contribution in [3.63, 3.8) is 0 Å². The zero-order valence-corrected chi connectivity index (χ0v) is 13.9. The highest BCUT2D eigenvalue weighted by Gasteiger charge is 2.30. The summed E-state index contributed by atoms with van der Waals surface area (Å²) in [5.41, 5.74) is 2.06. The number of nitrogens with one attached hydrogen (secondary N) is 1. The van der Waals surface area contributed by atoms with Crippen molar-refractivity contribution in [3.8, 4) is 22.5 Å². The van der Waals surface area contributed by atoms with Gasteiger partial charge in [0.2, 0.25) is 0 Å². The summed E-state index contributed by atoms with van der Waals surface area (Å²) < 4.78 is 43.3. The number of carbonyl (C=O) groups excluding carboxylic acids is 1. The normalized spacial score (nSPS) is 11.4. The lowest BCUT2D eigenvalue weighted by Gasteiger charge is -2.07. The minimum atomic E-state index is -4.39. The number of aromatic nitrogens is 1.